The highest BCUT2D eigenvalue weighted by atomic mass is 19.2. The van der Waals surface area contributed by atoms with Crippen molar-refractivity contribution in [2.45, 2.75) is 20.6 Å². The van der Waals surface area contributed by atoms with Crippen LogP contribution in [0.5, 0.6) is 11.5 Å². The maximum absolute atomic E-state index is 14.0. The van der Waals surface area contributed by atoms with E-state index in [1.165, 1.54) is 23.0 Å². The highest BCUT2D eigenvalue weighted by Gasteiger charge is 2.23. The summed E-state index contributed by atoms with van der Waals surface area (Å²) in [7, 11) is 0. The Kier molecular flexibility index (Phi) is 6.45. The standard InChI is InChI=1S/C28H24F2N4O3/c1-3-36-16-33-23-9-5-4-7-18(23)14-24(33)27(35)20-15-32-34(28(20)31)22-12-11-19(13-17(22)2)37-25-10-6-8-21(29)26(25)30/h4-15H,3,16,31H2,1-2H3. The third-order valence-corrected chi connectivity index (χ3v) is 6.06. The minimum atomic E-state index is -1.06. The van der Waals surface area contributed by atoms with Gasteiger partial charge in [-0.25, -0.2) is 9.07 Å². The fourth-order valence-electron chi connectivity index (χ4n) is 4.20. The molecule has 0 unspecified atom stereocenters. The highest BCUT2D eigenvalue weighted by Crippen LogP contribution is 2.30. The summed E-state index contributed by atoms with van der Waals surface area (Å²) in [6.45, 7) is 4.42. The molecule has 5 rings (SSSR count). The van der Waals surface area contributed by atoms with Crippen molar-refractivity contribution >= 4 is 22.5 Å². The largest absolute Gasteiger partial charge is 0.454 e. The van der Waals surface area contributed by atoms with E-state index in [1.54, 1.807) is 25.1 Å². The molecule has 0 aliphatic rings. The predicted octanol–water partition coefficient (Wildman–Crippen LogP) is 6.01. The van der Waals surface area contributed by atoms with Crippen LogP contribution >= 0.6 is 0 Å². The lowest BCUT2D eigenvalue weighted by Crippen LogP contribution is -2.13. The van der Waals surface area contributed by atoms with Gasteiger partial charge in [0.05, 0.1) is 28.7 Å². The lowest BCUT2D eigenvalue weighted by Gasteiger charge is -2.12. The molecule has 0 saturated carbocycles. The van der Waals surface area contributed by atoms with E-state index in [0.717, 1.165) is 17.0 Å². The minimum Gasteiger partial charge on any atom is -0.454 e. The second kappa shape index (κ2) is 9.87. The van der Waals surface area contributed by atoms with Crippen molar-refractivity contribution in [1.82, 2.24) is 14.3 Å². The molecule has 3 aromatic carbocycles. The molecule has 0 fully saturated rings. The molecular weight excluding hydrogens is 478 g/mol. The molecule has 2 heterocycles. The Balaban J connectivity index is 1.46. The molecule has 188 valence electrons. The lowest BCUT2D eigenvalue weighted by molar-refractivity contribution is 0.0847. The second-order valence-corrected chi connectivity index (χ2v) is 8.43. The van der Waals surface area contributed by atoms with Gasteiger partial charge in [-0.15, -0.1) is 0 Å². The molecule has 2 N–H and O–H groups in total. The lowest BCUT2D eigenvalue weighted by atomic mass is 10.1. The van der Waals surface area contributed by atoms with Crippen LogP contribution in [-0.2, 0) is 11.5 Å². The van der Waals surface area contributed by atoms with Gasteiger partial charge in [-0.1, -0.05) is 24.3 Å². The number of aryl methyl sites for hydroxylation is 1. The van der Waals surface area contributed by atoms with Crippen molar-refractivity contribution in [2.24, 2.45) is 0 Å². The molecule has 7 nitrogen and oxygen atoms in total. The first-order valence-electron chi connectivity index (χ1n) is 11.7. The third-order valence-electron chi connectivity index (χ3n) is 6.06. The van der Waals surface area contributed by atoms with Crippen LogP contribution in [-0.4, -0.2) is 26.7 Å². The van der Waals surface area contributed by atoms with E-state index < -0.39 is 11.6 Å². The van der Waals surface area contributed by atoms with E-state index in [4.69, 9.17) is 15.2 Å². The summed E-state index contributed by atoms with van der Waals surface area (Å²) in [5.74, 6) is -2.07. The average Bonchev–Trinajstić information content (AvgIpc) is 3.46. The molecule has 0 amide bonds. The zero-order valence-electron chi connectivity index (χ0n) is 20.2. The Bertz CT molecular complexity index is 1620. The van der Waals surface area contributed by atoms with E-state index in [2.05, 4.69) is 5.10 Å². The predicted molar refractivity (Wildman–Crippen MR) is 136 cm³/mol. The molecule has 9 heteroatoms. The number of ketones is 1. The number of para-hydroxylation sites is 1. The molecule has 0 spiro atoms. The average molecular weight is 503 g/mol. The van der Waals surface area contributed by atoms with Gasteiger partial charge in [-0.3, -0.25) is 4.79 Å². The molecule has 0 bridgehead atoms. The summed E-state index contributed by atoms with van der Waals surface area (Å²) in [5, 5.41) is 5.27. The van der Waals surface area contributed by atoms with Gasteiger partial charge in [0.2, 0.25) is 11.6 Å². The first kappa shape index (κ1) is 24.2. The summed E-state index contributed by atoms with van der Waals surface area (Å²) in [6.07, 6.45) is 1.44. The molecule has 2 aromatic heterocycles. The normalized spacial score (nSPS) is 11.2. The van der Waals surface area contributed by atoms with E-state index in [9.17, 15) is 13.6 Å². The summed E-state index contributed by atoms with van der Waals surface area (Å²) in [5.41, 5.74) is 9.29. The molecular formula is C28H24F2N4O3. The second-order valence-electron chi connectivity index (χ2n) is 8.43. The molecule has 0 saturated heterocycles. The summed E-state index contributed by atoms with van der Waals surface area (Å²) < 4.78 is 41.9. The number of rotatable bonds is 8. The van der Waals surface area contributed by atoms with E-state index in [-0.39, 0.29) is 29.6 Å². The number of hydrogen-bond donors (Lipinski definition) is 1. The number of carbonyl (C=O) groups excluding carboxylic acids is 1. The van der Waals surface area contributed by atoms with Gasteiger partial charge in [-0.2, -0.15) is 9.49 Å². The Morgan fingerprint density at radius 2 is 1.86 bits per heavy atom. The number of hydrogen-bond acceptors (Lipinski definition) is 5. The maximum atomic E-state index is 14.0. The monoisotopic (exact) mass is 502 g/mol. The molecule has 5 aromatic rings. The van der Waals surface area contributed by atoms with Crippen molar-refractivity contribution < 1.29 is 23.0 Å². The van der Waals surface area contributed by atoms with Crippen LogP contribution in [0.1, 0.15) is 28.5 Å². The smallest absolute Gasteiger partial charge is 0.214 e. The number of nitrogens with zero attached hydrogens (tertiary/aromatic N) is 3. The number of carbonyl (C=O) groups is 1. The first-order valence-corrected chi connectivity index (χ1v) is 11.7. The number of aromatic nitrogens is 3. The topological polar surface area (TPSA) is 84.3 Å². The quantitative estimate of drug-likeness (QED) is 0.263. The Hall–Kier alpha value is -4.50. The van der Waals surface area contributed by atoms with Crippen molar-refractivity contribution in [2.75, 3.05) is 12.3 Å². The van der Waals surface area contributed by atoms with E-state index in [1.807, 2.05) is 41.8 Å². The molecule has 0 radical (unpaired) electrons. The number of nitrogens with two attached hydrogens (primary N) is 1. The van der Waals surface area contributed by atoms with Crippen LogP contribution in [0.3, 0.4) is 0 Å². The zero-order valence-corrected chi connectivity index (χ0v) is 20.2. The van der Waals surface area contributed by atoms with Crippen LogP contribution in [0.25, 0.3) is 16.6 Å². The van der Waals surface area contributed by atoms with Crippen LogP contribution in [0.15, 0.2) is 72.9 Å². The van der Waals surface area contributed by atoms with Gasteiger partial charge in [-0.05, 0) is 61.9 Å². The van der Waals surface area contributed by atoms with Crippen LogP contribution in [0.4, 0.5) is 14.6 Å². The summed E-state index contributed by atoms with van der Waals surface area (Å²) >= 11 is 0. The van der Waals surface area contributed by atoms with Crippen LogP contribution < -0.4 is 10.5 Å². The van der Waals surface area contributed by atoms with Gasteiger partial charge in [0.1, 0.15) is 18.3 Å². The van der Waals surface area contributed by atoms with Crippen molar-refractivity contribution in [3.8, 4) is 17.2 Å². The summed E-state index contributed by atoms with van der Waals surface area (Å²) in [6, 6.07) is 18.2. The van der Waals surface area contributed by atoms with Gasteiger partial charge in [0.25, 0.3) is 0 Å². The van der Waals surface area contributed by atoms with Crippen LogP contribution in [0, 0.1) is 18.6 Å². The molecule has 0 atom stereocenters. The molecule has 0 aliphatic heterocycles. The minimum absolute atomic E-state index is 0.172. The zero-order chi connectivity index (χ0) is 26.1. The Labute approximate surface area is 211 Å². The number of nitrogen functional groups attached to an aromatic ring is 1. The number of benzene rings is 3. The number of halogens is 2. The number of ether oxygens (including phenoxy) is 2. The first-order chi connectivity index (χ1) is 17.9. The van der Waals surface area contributed by atoms with E-state index >= 15 is 0 Å². The summed E-state index contributed by atoms with van der Waals surface area (Å²) in [4.78, 5) is 13.6. The molecule has 0 aliphatic carbocycles. The fraction of sp³-hybridized carbons (Fsp3) is 0.143. The number of fused-ring (bicyclic) bond motifs is 1. The van der Waals surface area contributed by atoms with Gasteiger partial charge in [0, 0.05) is 12.0 Å². The highest BCUT2D eigenvalue weighted by molar-refractivity contribution is 6.13. The van der Waals surface area contributed by atoms with Crippen molar-refractivity contribution in [3.05, 3.63) is 101 Å². The Morgan fingerprint density at radius 1 is 1.05 bits per heavy atom. The van der Waals surface area contributed by atoms with Gasteiger partial charge >= 0.3 is 0 Å². The number of anilines is 1. The molecule has 37 heavy (non-hydrogen) atoms. The van der Waals surface area contributed by atoms with Crippen molar-refractivity contribution in [1.29, 1.82) is 0 Å². The van der Waals surface area contributed by atoms with Gasteiger partial charge < -0.3 is 19.8 Å². The fourth-order valence-corrected chi connectivity index (χ4v) is 4.20. The maximum Gasteiger partial charge on any atom is 0.214 e. The van der Waals surface area contributed by atoms with Gasteiger partial charge in [0.15, 0.2) is 11.6 Å². The third kappa shape index (κ3) is 4.45. The van der Waals surface area contributed by atoms with Crippen molar-refractivity contribution in [3.63, 3.8) is 0 Å². The SMILES string of the molecule is CCOCn1c(C(=O)c2cnn(-c3ccc(Oc4cccc(F)c4F)cc3C)c2N)cc2ccccc21. The Morgan fingerprint density at radius 3 is 2.65 bits per heavy atom. The van der Waals surface area contributed by atoms with Crippen LogP contribution in [0.2, 0.25) is 0 Å². The van der Waals surface area contributed by atoms with E-state index in [0.29, 0.717) is 29.3 Å².